The maximum absolute atomic E-state index is 13.2. The molecule has 152 valence electrons. The molecule has 5 nitrogen and oxygen atoms in total. The summed E-state index contributed by atoms with van der Waals surface area (Å²) in [6.07, 6.45) is 0.521. The Hall–Kier alpha value is -3.74. The molecule has 2 amide bonds. The van der Waals surface area contributed by atoms with Crippen LogP contribution < -0.4 is 5.32 Å². The van der Waals surface area contributed by atoms with Crippen molar-refractivity contribution in [3.8, 4) is 0 Å². The zero-order chi connectivity index (χ0) is 20.9. The summed E-state index contributed by atoms with van der Waals surface area (Å²) >= 11 is 0. The van der Waals surface area contributed by atoms with Crippen molar-refractivity contribution in [1.29, 1.82) is 0 Å². The average molecular weight is 406 g/mol. The van der Waals surface area contributed by atoms with Gasteiger partial charge in [0.05, 0.1) is 11.0 Å². The lowest BCUT2D eigenvalue weighted by atomic mass is 10.2. The molecule has 0 aliphatic heterocycles. The molecule has 0 aliphatic rings. The zero-order valence-electron chi connectivity index (χ0n) is 16.1. The highest BCUT2D eigenvalue weighted by atomic mass is 19.1. The number of hydrogen-bond acceptors (Lipinski definition) is 2. The molecule has 1 heterocycles. The van der Waals surface area contributed by atoms with E-state index in [0.29, 0.717) is 25.2 Å². The molecule has 0 aliphatic carbocycles. The number of carbonyl (C=O) groups is 1. The standard InChI is InChI=1S/C23H20F2N4O/c24-17-7-5-16(6-8-17)15-29(23(30)26-19-11-9-18(25)10-12-19)14-13-22-27-20-3-1-2-4-21(20)28-22/h1-12H,13-15H2,(H,26,30)(H,27,28). The second kappa shape index (κ2) is 8.73. The highest BCUT2D eigenvalue weighted by Gasteiger charge is 2.16. The van der Waals surface area contributed by atoms with Crippen molar-refractivity contribution in [3.05, 3.63) is 95.8 Å². The molecule has 0 fully saturated rings. The summed E-state index contributed by atoms with van der Waals surface area (Å²) in [5.74, 6) is 0.0688. The molecule has 4 rings (SSSR count). The van der Waals surface area contributed by atoms with Crippen LogP contribution in [-0.4, -0.2) is 27.4 Å². The average Bonchev–Trinajstić information content (AvgIpc) is 3.17. The van der Waals surface area contributed by atoms with Crippen LogP contribution in [0.15, 0.2) is 72.8 Å². The van der Waals surface area contributed by atoms with Crippen LogP contribution in [0, 0.1) is 11.6 Å². The first kappa shape index (κ1) is 19.6. The van der Waals surface area contributed by atoms with Gasteiger partial charge in [-0.05, 0) is 54.1 Å². The Morgan fingerprint density at radius 3 is 2.30 bits per heavy atom. The van der Waals surface area contributed by atoms with Gasteiger partial charge in [0.25, 0.3) is 0 Å². The molecule has 0 saturated carbocycles. The van der Waals surface area contributed by atoms with E-state index in [-0.39, 0.29) is 17.7 Å². The van der Waals surface area contributed by atoms with Crippen molar-refractivity contribution in [2.45, 2.75) is 13.0 Å². The number of aromatic amines is 1. The van der Waals surface area contributed by atoms with Gasteiger partial charge in [-0.3, -0.25) is 0 Å². The van der Waals surface area contributed by atoms with Crippen LogP contribution >= 0.6 is 0 Å². The number of rotatable bonds is 6. The third-order valence-electron chi connectivity index (χ3n) is 4.73. The summed E-state index contributed by atoms with van der Waals surface area (Å²) in [4.78, 5) is 22.3. The fraction of sp³-hybridized carbons (Fsp3) is 0.130. The van der Waals surface area contributed by atoms with Gasteiger partial charge in [0, 0.05) is 25.2 Å². The Morgan fingerprint density at radius 1 is 0.933 bits per heavy atom. The van der Waals surface area contributed by atoms with Crippen LogP contribution in [0.4, 0.5) is 19.3 Å². The summed E-state index contributed by atoms with van der Waals surface area (Å²) in [6, 6.07) is 19.0. The largest absolute Gasteiger partial charge is 0.342 e. The number of anilines is 1. The number of nitrogens with zero attached hydrogens (tertiary/aromatic N) is 2. The predicted molar refractivity (Wildman–Crippen MR) is 112 cm³/mol. The van der Waals surface area contributed by atoms with Crippen LogP contribution in [0.1, 0.15) is 11.4 Å². The number of amides is 2. The van der Waals surface area contributed by atoms with Crippen molar-refractivity contribution in [3.63, 3.8) is 0 Å². The van der Waals surface area contributed by atoms with Crippen LogP contribution in [0.5, 0.6) is 0 Å². The molecule has 2 N–H and O–H groups in total. The van der Waals surface area contributed by atoms with Gasteiger partial charge in [-0.1, -0.05) is 24.3 Å². The SMILES string of the molecule is O=C(Nc1ccc(F)cc1)N(CCc1nc2ccccc2[nH]1)Cc1ccc(F)cc1. The second-order valence-corrected chi connectivity index (χ2v) is 6.94. The van der Waals surface area contributed by atoms with E-state index in [9.17, 15) is 13.6 Å². The monoisotopic (exact) mass is 406 g/mol. The van der Waals surface area contributed by atoms with E-state index in [1.54, 1.807) is 17.0 Å². The minimum Gasteiger partial charge on any atom is -0.342 e. The normalized spacial score (nSPS) is 10.9. The Morgan fingerprint density at radius 2 is 1.60 bits per heavy atom. The number of H-pyrrole nitrogens is 1. The van der Waals surface area contributed by atoms with Gasteiger partial charge in [0.15, 0.2) is 0 Å². The van der Waals surface area contributed by atoms with E-state index in [0.717, 1.165) is 22.4 Å². The van der Waals surface area contributed by atoms with Crippen LogP contribution in [0.25, 0.3) is 11.0 Å². The van der Waals surface area contributed by atoms with E-state index in [1.807, 2.05) is 24.3 Å². The minimum atomic E-state index is -0.374. The first-order valence-electron chi connectivity index (χ1n) is 9.56. The number of aromatic nitrogens is 2. The van der Waals surface area contributed by atoms with Gasteiger partial charge >= 0.3 is 6.03 Å². The number of benzene rings is 3. The van der Waals surface area contributed by atoms with Gasteiger partial charge < -0.3 is 15.2 Å². The molecule has 0 bridgehead atoms. The van der Waals surface area contributed by atoms with Crippen molar-refractivity contribution in [2.24, 2.45) is 0 Å². The molecule has 30 heavy (non-hydrogen) atoms. The van der Waals surface area contributed by atoms with E-state index in [2.05, 4.69) is 15.3 Å². The smallest absolute Gasteiger partial charge is 0.322 e. The number of hydrogen-bond donors (Lipinski definition) is 2. The Kier molecular flexibility index (Phi) is 5.70. The third-order valence-corrected chi connectivity index (χ3v) is 4.73. The molecular weight excluding hydrogens is 386 g/mol. The fourth-order valence-corrected chi connectivity index (χ4v) is 3.16. The number of urea groups is 1. The molecule has 0 spiro atoms. The topological polar surface area (TPSA) is 61.0 Å². The molecule has 3 aromatic carbocycles. The molecule has 0 unspecified atom stereocenters. The molecule has 4 aromatic rings. The van der Waals surface area contributed by atoms with Gasteiger partial charge in [-0.15, -0.1) is 0 Å². The minimum absolute atomic E-state index is 0.299. The lowest BCUT2D eigenvalue weighted by Crippen LogP contribution is -2.36. The summed E-state index contributed by atoms with van der Waals surface area (Å²) in [7, 11) is 0. The number of fused-ring (bicyclic) bond motifs is 1. The summed E-state index contributed by atoms with van der Waals surface area (Å²) in [6.45, 7) is 0.692. The summed E-state index contributed by atoms with van der Waals surface area (Å²) in [5, 5.41) is 2.78. The first-order valence-corrected chi connectivity index (χ1v) is 9.56. The molecule has 7 heteroatoms. The van der Waals surface area contributed by atoms with Crippen LogP contribution in [0.3, 0.4) is 0 Å². The number of nitrogens with one attached hydrogen (secondary N) is 2. The van der Waals surface area contributed by atoms with Gasteiger partial charge in [-0.2, -0.15) is 0 Å². The number of halogens is 2. The molecule has 1 aromatic heterocycles. The Labute approximate surface area is 172 Å². The summed E-state index contributed by atoms with van der Waals surface area (Å²) < 4.78 is 26.4. The predicted octanol–water partition coefficient (Wildman–Crippen LogP) is 5.12. The lowest BCUT2D eigenvalue weighted by Gasteiger charge is -2.23. The van der Waals surface area contributed by atoms with Crippen LogP contribution in [-0.2, 0) is 13.0 Å². The third kappa shape index (κ3) is 4.81. The molecule has 0 saturated heterocycles. The first-order chi connectivity index (χ1) is 14.6. The quantitative estimate of drug-likeness (QED) is 0.467. The maximum Gasteiger partial charge on any atom is 0.322 e. The van der Waals surface area contributed by atoms with E-state index < -0.39 is 0 Å². The van der Waals surface area contributed by atoms with Crippen molar-refractivity contribution >= 4 is 22.8 Å². The fourth-order valence-electron chi connectivity index (χ4n) is 3.16. The van der Waals surface area contributed by atoms with Crippen molar-refractivity contribution < 1.29 is 13.6 Å². The number of carbonyl (C=O) groups excluding carboxylic acids is 1. The lowest BCUT2D eigenvalue weighted by molar-refractivity contribution is 0.209. The van der Waals surface area contributed by atoms with Crippen molar-refractivity contribution in [2.75, 3.05) is 11.9 Å². The Bertz CT molecular complexity index is 1110. The van der Waals surface area contributed by atoms with Crippen LogP contribution in [0.2, 0.25) is 0 Å². The van der Waals surface area contributed by atoms with E-state index >= 15 is 0 Å². The van der Waals surface area contributed by atoms with E-state index in [1.165, 1.54) is 36.4 Å². The van der Waals surface area contributed by atoms with Gasteiger partial charge in [0.2, 0.25) is 0 Å². The molecular formula is C23H20F2N4O. The Balaban J connectivity index is 1.49. The second-order valence-electron chi connectivity index (χ2n) is 6.94. The van der Waals surface area contributed by atoms with Gasteiger partial charge in [-0.25, -0.2) is 18.6 Å². The van der Waals surface area contributed by atoms with E-state index in [4.69, 9.17) is 0 Å². The van der Waals surface area contributed by atoms with Gasteiger partial charge in [0.1, 0.15) is 17.5 Å². The number of para-hydroxylation sites is 2. The highest BCUT2D eigenvalue weighted by molar-refractivity contribution is 5.89. The maximum atomic E-state index is 13.2. The molecule has 0 radical (unpaired) electrons. The summed E-state index contributed by atoms with van der Waals surface area (Å²) in [5.41, 5.74) is 3.10. The number of imidazole rings is 1. The molecule has 0 atom stereocenters. The van der Waals surface area contributed by atoms with Crippen molar-refractivity contribution in [1.82, 2.24) is 14.9 Å². The highest BCUT2D eigenvalue weighted by Crippen LogP contribution is 2.14. The zero-order valence-corrected chi connectivity index (χ0v) is 16.1.